The number of ether oxygens (including phenoxy) is 5. The number of hydrogen-bond donors (Lipinski definition) is 0. The maximum absolute atomic E-state index is 6.29. The van der Waals surface area contributed by atoms with E-state index in [-0.39, 0.29) is 0 Å². The number of likely N-dealkylation sites (tertiary alicyclic amines) is 1. The maximum atomic E-state index is 6.29. The van der Waals surface area contributed by atoms with Crippen LogP contribution in [0.3, 0.4) is 0 Å². The van der Waals surface area contributed by atoms with E-state index in [4.69, 9.17) is 23.7 Å². The largest absolute Gasteiger partial charge is 0.493 e. The van der Waals surface area contributed by atoms with Crippen LogP contribution in [0.25, 0.3) is 10.8 Å². The first-order valence-corrected chi connectivity index (χ1v) is 15.1. The summed E-state index contributed by atoms with van der Waals surface area (Å²) in [4.78, 5) is 5.35. The lowest BCUT2D eigenvalue weighted by Gasteiger charge is -2.29. The van der Waals surface area contributed by atoms with Crippen molar-refractivity contribution in [1.82, 2.24) is 9.80 Å². The fourth-order valence-corrected chi connectivity index (χ4v) is 6.56. The van der Waals surface area contributed by atoms with Gasteiger partial charge in [-0.25, -0.2) is 0 Å². The number of methoxy groups -OCH3 is 4. The second-order valence-electron chi connectivity index (χ2n) is 11.3. The summed E-state index contributed by atoms with van der Waals surface area (Å²) in [6, 6.07) is 14.5. The third kappa shape index (κ3) is 7.02. The highest BCUT2D eigenvalue weighted by molar-refractivity contribution is 5.95. The zero-order valence-corrected chi connectivity index (χ0v) is 25.2. The van der Waals surface area contributed by atoms with Crippen LogP contribution in [0.1, 0.15) is 36.8 Å². The molecule has 0 aliphatic carbocycles. The van der Waals surface area contributed by atoms with Gasteiger partial charge in [0.1, 0.15) is 5.75 Å². The van der Waals surface area contributed by atoms with Crippen molar-refractivity contribution >= 4 is 10.8 Å². The van der Waals surface area contributed by atoms with Crippen molar-refractivity contribution < 1.29 is 23.7 Å². The molecule has 5 rings (SSSR count). The lowest BCUT2D eigenvalue weighted by molar-refractivity contribution is 0.180. The first-order chi connectivity index (χ1) is 20.1. The molecule has 3 aromatic carbocycles. The van der Waals surface area contributed by atoms with Crippen LogP contribution in [0.5, 0.6) is 28.7 Å². The number of benzene rings is 3. The van der Waals surface area contributed by atoms with Gasteiger partial charge < -0.3 is 33.5 Å². The van der Waals surface area contributed by atoms with E-state index in [1.165, 1.54) is 50.0 Å². The summed E-state index contributed by atoms with van der Waals surface area (Å²) in [5, 5.41) is 2.06. The molecule has 1 unspecified atom stereocenters. The van der Waals surface area contributed by atoms with Crippen molar-refractivity contribution in [1.29, 1.82) is 0 Å². The lowest BCUT2D eigenvalue weighted by Crippen LogP contribution is -2.37. The fraction of sp³-hybridized carbons (Fsp3) is 0.529. The van der Waals surface area contributed by atoms with Crippen molar-refractivity contribution in [3.8, 4) is 28.7 Å². The SMILES string of the molecule is COc1cc2c(cc1OC)CCN(CC1CCCCN(CCCOc3cccc4c(OC)c(OC)ccc34)C1)CC2. The van der Waals surface area contributed by atoms with Crippen molar-refractivity contribution in [3.05, 3.63) is 53.6 Å². The van der Waals surface area contributed by atoms with Gasteiger partial charge in [0.05, 0.1) is 35.0 Å². The summed E-state index contributed by atoms with van der Waals surface area (Å²) in [5.41, 5.74) is 2.80. The predicted molar refractivity (Wildman–Crippen MR) is 164 cm³/mol. The minimum atomic E-state index is 0.700. The fourth-order valence-electron chi connectivity index (χ4n) is 6.56. The van der Waals surface area contributed by atoms with Crippen molar-refractivity contribution in [2.75, 3.05) is 74.3 Å². The molecule has 7 nitrogen and oxygen atoms in total. The molecule has 1 saturated heterocycles. The van der Waals surface area contributed by atoms with Gasteiger partial charge in [-0.05, 0) is 86.0 Å². The molecule has 2 aliphatic rings. The van der Waals surface area contributed by atoms with E-state index < -0.39 is 0 Å². The number of hydrogen-bond acceptors (Lipinski definition) is 7. The molecule has 0 aromatic heterocycles. The molecule has 0 bridgehead atoms. The van der Waals surface area contributed by atoms with E-state index in [0.29, 0.717) is 12.5 Å². The second-order valence-corrected chi connectivity index (χ2v) is 11.3. The van der Waals surface area contributed by atoms with Gasteiger partial charge in [-0.3, -0.25) is 0 Å². The summed E-state index contributed by atoms with van der Waals surface area (Å²) in [5.74, 6) is 4.77. The van der Waals surface area contributed by atoms with Crippen LogP contribution in [0.2, 0.25) is 0 Å². The van der Waals surface area contributed by atoms with E-state index in [1.807, 2.05) is 18.2 Å². The quantitative estimate of drug-likeness (QED) is 0.272. The van der Waals surface area contributed by atoms with Gasteiger partial charge in [0.25, 0.3) is 0 Å². The molecule has 7 heteroatoms. The van der Waals surface area contributed by atoms with Crippen molar-refractivity contribution in [2.24, 2.45) is 5.92 Å². The van der Waals surface area contributed by atoms with E-state index in [0.717, 1.165) is 78.4 Å². The topological polar surface area (TPSA) is 52.6 Å². The molecule has 0 N–H and O–H groups in total. The average Bonchev–Trinajstić information content (AvgIpc) is 3.35. The van der Waals surface area contributed by atoms with Crippen molar-refractivity contribution in [3.63, 3.8) is 0 Å². The Morgan fingerprint density at radius 3 is 2.12 bits per heavy atom. The van der Waals surface area contributed by atoms with Gasteiger partial charge in [0.15, 0.2) is 23.0 Å². The molecule has 0 amide bonds. The molecule has 0 spiro atoms. The Bertz CT molecular complexity index is 1260. The molecule has 1 fully saturated rings. The summed E-state index contributed by atoms with van der Waals surface area (Å²) in [7, 11) is 6.78. The van der Waals surface area contributed by atoms with E-state index in [9.17, 15) is 0 Å². The van der Waals surface area contributed by atoms with Crippen molar-refractivity contribution in [2.45, 2.75) is 38.5 Å². The lowest BCUT2D eigenvalue weighted by atomic mass is 10.0. The number of nitrogens with zero attached hydrogens (tertiary/aromatic N) is 2. The van der Waals surface area contributed by atoms with Crippen LogP contribution in [-0.2, 0) is 12.8 Å². The predicted octanol–water partition coefficient (Wildman–Crippen LogP) is 5.85. The van der Waals surface area contributed by atoms with Crippen LogP contribution in [0.15, 0.2) is 42.5 Å². The molecule has 222 valence electrons. The zero-order valence-electron chi connectivity index (χ0n) is 25.2. The van der Waals surface area contributed by atoms with Gasteiger partial charge in [-0.1, -0.05) is 18.6 Å². The molecular formula is C34H46N2O5. The first-order valence-electron chi connectivity index (χ1n) is 15.1. The summed E-state index contributed by atoms with van der Waals surface area (Å²) < 4.78 is 28.5. The maximum Gasteiger partial charge on any atom is 0.168 e. The van der Waals surface area contributed by atoms with Crippen LogP contribution < -0.4 is 23.7 Å². The van der Waals surface area contributed by atoms with Crippen LogP contribution in [-0.4, -0.2) is 84.1 Å². The highest BCUT2D eigenvalue weighted by atomic mass is 16.5. The Labute approximate surface area is 245 Å². The molecule has 0 radical (unpaired) electrons. The second kappa shape index (κ2) is 14.1. The molecule has 2 heterocycles. The van der Waals surface area contributed by atoms with Gasteiger partial charge in [0.2, 0.25) is 0 Å². The van der Waals surface area contributed by atoms with E-state index in [1.54, 1.807) is 28.4 Å². The Kier molecular flexibility index (Phi) is 10.1. The van der Waals surface area contributed by atoms with Crippen LogP contribution in [0, 0.1) is 5.92 Å². The Morgan fingerprint density at radius 1 is 0.707 bits per heavy atom. The summed E-state index contributed by atoms with van der Waals surface area (Å²) in [6.07, 6.45) is 7.07. The smallest absolute Gasteiger partial charge is 0.168 e. The standard InChI is InChI=1S/C34H46N2O5/c1-37-31-13-12-28-29(34(31)40-4)10-7-11-30(28)41-20-8-17-35-16-6-5-9-25(23-35)24-36-18-14-26-21-32(38-2)33(39-3)22-27(26)15-19-36/h7,10-13,21-22,25H,5-6,8-9,14-20,23-24H2,1-4H3. The third-order valence-electron chi connectivity index (χ3n) is 8.71. The molecular weight excluding hydrogens is 516 g/mol. The Balaban J connectivity index is 1.12. The first kappa shape index (κ1) is 29.3. The van der Waals surface area contributed by atoms with Gasteiger partial charge in [-0.15, -0.1) is 0 Å². The average molecular weight is 563 g/mol. The number of fused-ring (bicyclic) bond motifs is 2. The zero-order chi connectivity index (χ0) is 28.6. The minimum Gasteiger partial charge on any atom is -0.493 e. The van der Waals surface area contributed by atoms with E-state index in [2.05, 4.69) is 34.1 Å². The molecule has 3 aromatic rings. The van der Waals surface area contributed by atoms with Gasteiger partial charge in [-0.2, -0.15) is 0 Å². The highest BCUT2D eigenvalue weighted by Gasteiger charge is 2.23. The Hall–Kier alpha value is -3.16. The summed E-state index contributed by atoms with van der Waals surface area (Å²) >= 11 is 0. The number of rotatable bonds is 11. The molecule has 41 heavy (non-hydrogen) atoms. The van der Waals surface area contributed by atoms with Crippen LogP contribution >= 0.6 is 0 Å². The molecule has 2 aliphatic heterocycles. The van der Waals surface area contributed by atoms with E-state index >= 15 is 0 Å². The summed E-state index contributed by atoms with van der Waals surface area (Å²) in [6.45, 7) is 7.53. The monoisotopic (exact) mass is 562 g/mol. The normalized spacial score (nSPS) is 18.3. The van der Waals surface area contributed by atoms with Gasteiger partial charge in [0, 0.05) is 43.5 Å². The van der Waals surface area contributed by atoms with Gasteiger partial charge >= 0.3 is 0 Å². The molecule has 0 saturated carbocycles. The van der Waals surface area contributed by atoms with Crippen LogP contribution in [0.4, 0.5) is 0 Å². The molecule has 1 atom stereocenters. The minimum absolute atomic E-state index is 0.700. The highest BCUT2D eigenvalue weighted by Crippen LogP contribution is 2.39. The Morgan fingerprint density at radius 2 is 1.44 bits per heavy atom. The third-order valence-corrected chi connectivity index (χ3v) is 8.71.